The van der Waals surface area contributed by atoms with E-state index in [9.17, 15) is 0 Å². The molecular weight excluding hydrogens is 257 g/mol. The van der Waals surface area contributed by atoms with Crippen molar-refractivity contribution in [1.82, 2.24) is 10.2 Å². The second-order valence-corrected chi connectivity index (χ2v) is 5.19. The van der Waals surface area contributed by atoms with Gasteiger partial charge in [0.15, 0.2) is 6.07 Å². The van der Waals surface area contributed by atoms with Gasteiger partial charge >= 0.3 is 5.89 Å². The van der Waals surface area contributed by atoms with Gasteiger partial charge in [-0.25, -0.2) is 0 Å². The summed E-state index contributed by atoms with van der Waals surface area (Å²) >= 11 is 2.17. The number of nitrogens with zero attached hydrogens (tertiary/aromatic N) is 3. The fraction of sp³-hybridized carbons (Fsp3) is 0.500. The molecule has 0 fully saturated rings. The third kappa shape index (κ3) is 1.89. The van der Waals surface area contributed by atoms with Crippen LogP contribution in [0.5, 0.6) is 0 Å². The molecule has 1 rings (SSSR count). The van der Waals surface area contributed by atoms with Crippen LogP contribution in [0, 0.1) is 11.3 Å². The van der Waals surface area contributed by atoms with Crippen LogP contribution >= 0.6 is 22.6 Å². The molecule has 0 spiro atoms. The largest absolute Gasteiger partial charge is 0.412 e. The van der Waals surface area contributed by atoms with E-state index >= 15 is 0 Å². The van der Waals surface area contributed by atoms with Gasteiger partial charge in [-0.15, -0.1) is 5.10 Å². The summed E-state index contributed by atoms with van der Waals surface area (Å²) in [6, 6.07) is 1.78. The zero-order chi connectivity index (χ0) is 8.48. The van der Waals surface area contributed by atoms with Crippen molar-refractivity contribution in [3.63, 3.8) is 0 Å². The van der Waals surface area contributed by atoms with Crippen molar-refractivity contribution in [2.75, 3.05) is 0 Å². The highest BCUT2D eigenvalue weighted by Crippen LogP contribution is 2.28. The quantitative estimate of drug-likeness (QED) is 0.570. The monoisotopic (exact) mass is 263 g/mol. The van der Waals surface area contributed by atoms with Crippen LogP contribution in [0.3, 0.4) is 0 Å². The molecule has 0 saturated carbocycles. The Bertz CT molecular complexity index is 294. The highest BCUT2D eigenvalue weighted by molar-refractivity contribution is 14.1. The van der Waals surface area contributed by atoms with Gasteiger partial charge < -0.3 is 4.42 Å². The molecule has 58 valence electrons. The molecule has 0 aliphatic carbocycles. The maximum atomic E-state index is 8.37. The van der Waals surface area contributed by atoms with Gasteiger partial charge in [0.25, 0.3) is 0 Å². The van der Waals surface area contributed by atoms with Crippen LogP contribution in [0.15, 0.2) is 4.42 Å². The number of rotatable bonds is 1. The zero-order valence-corrected chi connectivity index (χ0v) is 8.29. The molecule has 0 radical (unpaired) electrons. The molecule has 11 heavy (non-hydrogen) atoms. The Morgan fingerprint density at radius 3 is 2.45 bits per heavy atom. The molecule has 0 unspecified atom stereocenters. The molecule has 0 aliphatic rings. The van der Waals surface area contributed by atoms with Crippen molar-refractivity contribution < 1.29 is 4.42 Å². The summed E-state index contributed by atoms with van der Waals surface area (Å²) in [5.41, 5.74) is 0. The summed E-state index contributed by atoms with van der Waals surface area (Å²) < 4.78 is 4.80. The van der Waals surface area contributed by atoms with Crippen molar-refractivity contribution in [1.29, 1.82) is 5.26 Å². The molecule has 5 heteroatoms. The van der Waals surface area contributed by atoms with Crippen molar-refractivity contribution >= 4 is 22.6 Å². The van der Waals surface area contributed by atoms with E-state index < -0.39 is 0 Å². The second-order valence-electron chi connectivity index (χ2n) is 2.50. The van der Waals surface area contributed by atoms with Gasteiger partial charge in [0, 0.05) is 0 Å². The Balaban J connectivity index is 3.01. The summed E-state index contributed by atoms with van der Waals surface area (Å²) in [6.07, 6.45) is 0. The van der Waals surface area contributed by atoms with E-state index in [1.807, 2.05) is 13.8 Å². The summed E-state index contributed by atoms with van der Waals surface area (Å²) in [5, 5.41) is 15.6. The second kappa shape index (κ2) is 2.77. The lowest BCUT2D eigenvalue weighted by molar-refractivity contribution is 0.452. The van der Waals surface area contributed by atoms with Crippen molar-refractivity contribution in [2.45, 2.75) is 17.3 Å². The number of hydrogen-bond acceptors (Lipinski definition) is 4. The minimum absolute atomic E-state index is 0.0183. The van der Waals surface area contributed by atoms with E-state index in [1.54, 1.807) is 6.07 Å². The molecular formula is C6H6IN3O. The fourth-order valence-electron chi connectivity index (χ4n) is 0.509. The predicted octanol–water partition coefficient (Wildman–Crippen LogP) is 1.61. The summed E-state index contributed by atoms with van der Waals surface area (Å²) in [4.78, 5) is 0. The number of alkyl halides is 1. The van der Waals surface area contributed by atoms with Gasteiger partial charge in [0.05, 0.1) is 3.42 Å². The van der Waals surface area contributed by atoms with Gasteiger partial charge in [-0.1, -0.05) is 27.7 Å². The van der Waals surface area contributed by atoms with Crippen LogP contribution < -0.4 is 0 Å². The van der Waals surface area contributed by atoms with E-state index in [0.717, 1.165) is 0 Å². The van der Waals surface area contributed by atoms with Gasteiger partial charge in [-0.3, -0.25) is 0 Å². The minimum atomic E-state index is -0.208. The lowest BCUT2D eigenvalue weighted by Gasteiger charge is -2.07. The molecule has 1 heterocycles. The van der Waals surface area contributed by atoms with Gasteiger partial charge in [-0.2, -0.15) is 5.26 Å². The number of nitriles is 1. The molecule has 0 atom stereocenters. The average molecular weight is 263 g/mol. The molecule has 0 N–H and O–H groups in total. The van der Waals surface area contributed by atoms with E-state index in [4.69, 9.17) is 9.68 Å². The first-order valence-corrected chi connectivity index (χ1v) is 4.05. The van der Waals surface area contributed by atoms with Crippen LogP contribution in [0.4, 0.5) is 0 Å². The van der Waals surface area contributed by atoms with Gasteiger partial charge in [0.1, 0.15) is 0 Å². The van der Waals surface area contributed by atoms with E-state index in [1.165, 1.54) is 0 Å². The van der Waals surface area contributed by atoms with E-state index in [-0.39, 0.29) is 9.31 Å². The van der Waals surface area contributed by atoms with Gasteiger partial charge in [0.2, 0.25) is 5.89 Å². The maximum Gasteiger partial charge on any atom is 0.321 e. The first kappa shape index (κ1) is 8.46. The Morgan fingerprint density at radius 2 is 2.18 bits per heavy atom. The fourth-order valence-corrected chi connectivity index (χ4v) is 0.727. The molecule has 0 bridgehead atoms. The molecule has 1 aromatic heterocycles. The third-order valence-corrected chi connectivity index (χ3v) is 1.49. The lowest BCUT2D eigenvalue weighted by atomic mass is 10.2. The normalized spacial score (nSPS) is 11.1. The molecule has 0 aromatic carbocycles. The first-order chi connectivity index (χ1) is 5.04. The Labute approximate surface area is 77.7 Å². The smallest absolute Gasteiger partial charge is 0.321 e. The topological polar surface area (TPSA) is 62.7 Å². The Morgan fingerprint density at radius 1 is 1.55 bits per heavy atom. The minimum Gasteiger partial charge on any atom is -0.412 e. The molecule has 4 nitrogen and oxygen atoms in total. The number of aromatic nitrogens is 2. The molecule has 0 aliphatic heterocycles. The van der Waals surface area contributed by atoms with Crippen LogP contribution in [0.2, 0.25) is 0 Å². The van der Waals surface area contributed by atoms with Crippen LogP contribution in [-0.4, -0.2) is 10.2 Å². The number of hydrogen-bond donors (Lipinski definition) is 0. The Hall–Kier alpha value is -0.640. The molecule has 1 aromatic rings. The SMILES string of the molecule is CC(C)(I)c1nnc(C#N)o1. The summed E-state index contributed by atoms with van der Waals surface area (Å²) in [7, 11) is 0. The maximum absolute atomic E-state index is 8.37. The van der Waals surface area contributed by atoms with Crippen LogP contribution in [0.1, 0.15) is 25.6 Å². The summed E-state index contributed by atoms with van der Waals surface area (Å²) in [6.45, 7) is 3.87. The number of halogens is 1. The molecule has 0 saturated heterocycles. The average Bonchev–Trinajstić information content (AvgIpc) is 2.32. The zero-order valence-electron chi connectivity index (χ0n) is 6.13. The van der Waals surface area contributed by atoms with Crippen LogP contribution in [0.25, 0.3) is 0 Å². The van der Waals surface area contributed by atoms with Crippen molar-refractivity contribution in [3.05, 3.63) is 11.8 Å². The first-order valence-electron chi connectivity index (χ1n) is 2.97. The third-order valence-electron chi connectivity index (χ3n) is 1.03. The highest BCUT2D eigenvalue weighted by atomic mass is 127. The standard InChI is InChI=1S/C6H6IN3O/c1-6(2,7)5-10-9-4(3-8)11-5/h1-2H3. The van der Waals surface area contributed by atoms with Crippen molar-refractivity contribution in [2.24, 2.45) is 0 Å². The van der Waals surface area contributed by atoms with E-state index in [0.29, 0.717) is 5.89 Å². The van der Waals surface area contributed by atoms with Crippen molar-refractivity contribution in [3.8, 4) is 6.07 Å². The van der Waals surface area contributed by atoms with Gasteiger partial charge in [-0.05, 0) is 13.8 Å². The Kier molecular flexibility index (Phi) is 2.13. The predicted molar refractivity (Wildman–Crippen MR) is 46.1 cm³/mol. The van der Waals surface area contributed by atoms with E-state index in [2.05, 4.69) is 32.8 Å². The molecule has 0 amide bonds. The highest BCUT2D eigenvalue weighted by Gasteiger charge is 2.23. The summed E-state index contributed by atoms with van der Waals surface area (Å²) in [5.74, 6) is 0.499. The lowest BCUT2D eigenvalue weighted by Crippen LogP contribution is -2.06. The van der Waals surface area contributed by atoms with Crippen LogP contribution in [-0.2, 0) is 3.42 Å².